The predicted octanol–water partition coefficient (Wildman–Crippen LogP) is 6.77. The third-order valence-corrected chi connectivity index (χ3v) is 4.74. The summed E-state index contributed by atoms with van der Waals surface area (Å²) in [6.07, 6.45) is -7.18. The highest BCUT2D eigenvalue weighted by molar-refractivity contribution is 7.98. The van der Waals surface area contributed by atoms with Crippen molar-refractivity contribution in [1.29, 1.82) is 0 Å². The van der Waals surface area contributed by atoms with Crippen molar-refractivity contribution in [2.75, 3.05) is 11.6 Å². The molecule has 33 heavy (non-hydrogen) atoms. The summed E-state index contributed by atoms with van der Waals surface area (Å²) in [6.45, 7) is 0. The minimum Gasteiger partial charge on any atom is -0.456 e. The number of ether oxygens (including phenoxy) is 2. The number of hydrogen-bond donors (Lipinski definition) is 1. The number of carbonyl (C=O) groups excluding carboxylic acids is 1. The minimum atomic E-state index is -4.91. The number of carbonyl (C=O) groups is 1. The Morgan fingerprint density at radius 3 is 2.24 bits per heavy atom. The average molecular weight is 488 g/mol. The molecule has 1 aromatic heterocycles. The molecule has 3 aromatic rings. The fourth-order valence-corrected chi connectivity index (χ4v) is 3.04. The zero-order chi connectivity index (χ0) is 24.2. The number of benzene rings is 2. The van der Waals surface area contributed by atoms with Crippen molar-refractivity contribution in [2.24, 2.45) is 0 Å². The van der Waals surface area contributed by atoms with Crippen LogP contribution in [0.4, 0.5) is 32.0 Å². The molecule has 5 nitrogen and oxygen atoms in total. The van der Waals surface area contributed by atoms with Crippen LogP contribution in [0.25, 0.3) is 0 Å². The Balaban J connectivity index is 1.90. The van der Waals surface area contributed by atoms with Gasteiger partial charge in [-0.1, -0.05) is 6.07 Å². The smallest absolute Gasteiger partial charge is 0.456 e. The van der Waals surface area contributed by atoms with Crippen molar-refractivity contribution in [1.82, 2.24) is 4.98 Å². The summed E-state index contributed by atoms with van der Waals surface area (Å²) in [5, 5.41) is 2.55. The lowest BCUT2D eigenvalue weighted by atomic mass is 10.2. The molecule has 3 rings (SSSR count). The van der Waals surface area contributed by atoms with E-state index in [1.54, 1.807) is 24.3 Å². The molecule has 1 amide bonds. The third-order valence-electron chi connectivity index (χ3n) is 4.01. The van der Waals surface area contributed by atoms with E-state index in [0.717, 1.165) is 29.2 Å². The minimum absolute atomic E-state index is 0.123. The first-order valence-electron chi connectivity index (χ1n) is 9.01. The maximum Gasteiger partial charge on any atom is 0.573 e. The van der Waals surface area contributed by atoms with E-state index in [9.17, 15) is 31.1 Å². The summed E-state index contributed by atoms with van der Waals surface area (Å²) in [5.41, 5.74) is -1.23. The molecule has 0 aliphatic rings. The lowest BCUT2D eigenvalue weighted by Crippen LogP contribution is -2.17. The standard InChI is InChI=1S/C21H14F6N2O3S/c1-33-15-4-2-3-12(9-15)29-19(30)16-11-28-18(20(22,23)24)10-17(16)31-13-5-7-14(8-6-13)32-21(25,26)27/h2-11H,1H3,(H,29,30). The Labute approximate surface area is 187 Å². The Morgan fingerprint density at radius 1 is 0.970 bits per heavy atom. The highest BCUT2D eigenvalue weighted by Crippen LogP contribution is 2.34. The van der Waals surface area contributed by atoms with Gasteiger partial charge >= 0.3 is 12.5 Å². The van der Waals surface area contributed by atoms with Crippen LogP contribution in [0, 0.1) is 0 Å². The van der Waals surface area contributed by atoms with Crippen molar-refractivity contribution in [3.05, 3.63) is 72.1 Å². The van der Waals surface area contributed by atoms with E-state index >= 15 is 0 Å². The molecule has 2 aromatic carbocycles. The third kappa shape index (κ3) is 6.78. The molecule has 174 valence electrons. The molecule has 0 unspecified atom stereocenters. The lowest BCUT2D eigenvalue weighted by Gasteiger charge is -2.15. The van der Waals surface area contributed by atoms with Crippen LogP contribution < -0.4 is 14.8 Å². The van der Waals surface area contributed by atoms with Gasteiger partial charge in [0.25, 0.3) is 5.91 Å². The van der Waals surface area contributed by atoms with Gasteiger partial charge in [0.05, 0.1) is 0 Å². The first kappa shape index (κ1) is 24.2. The van der Waals surface area contributed by atoms with Gasteiger partial charge in [-0.3, -0.25) is 9.78 Å². The van der Waals surface area contributed by atoms with Crippen LogP contribution in [-0.4, -0.2) is 23.5 Å². The van der Waals surface area contributed by atoms with E-state index in [4.69, 9.17) is 4.74 Å². The van der Waals surface area contributed by atoms with Crippen molar-refractivity contribution in [3.63, 3.8) is 0 Å². The number of thioether (sulfide) groups is 1. The number of aromatic nitrogens is 1. The van der Waals surface area contributed by atoms with Crippen LogP contribution in [0.5, 0.6) is 17.2 Å². The molecular weight excluding hydrogens is 474 g/mol. The summed E-state index contributed by atoms with van der Waals surface area (Å²) < 4.78 is 85.4. The Bertz CT molecular complexity index is 1130. The van der Waals surface area contributed by atoms with Gasteiger partial charge in [-0.2, -0.15) is 13.2 Å². The monoisotopic (exact) mass is 488 g/mol. The first-order valence-corrected chi connectivity index (χ1v) is 10.2. The highest BCUT2D eigenvalue weighted by atomic mass is 32.2. The van der Waals surface area contributed by atoms with E-state index in [1.165, 1.54) is 11.8 Å². The van der Waals surface area contributed by atoms with Crippen molar-refractivity contribution >= 4 is 23.4 Å². The molecule has 0 atom stereocenters. The summed E-state index contributed by atoms with van der Waals surface area (Å²) in [7, 11) is 0. The van der Waals surface area contributed by atoms with Crippen LogP contribution in [-0.2, 0) is 6.18 Å². The van der Waals surface area contributed by atoms with E-state index in [1.807, 2.05) is 6.26 Å². The molecule has 0 spiro atoms. The van der Waals surface area contributed by atoms with E-state index < -0.39 is 35.6 Å². The summed E-state index contributed by atoms with van der Waals surface area (Å²) in [5.74, 6) is -1.95. The van der Waals surface area contributed by atoms with Crippen molar-refractivity contribution < 1.29 is 40.6 Å². The van der Waals surface area contributed by atoms with Crippen LogP contribution >= 0.6 is 11.8 Å². The fourth-order valence-electron chi connectivity index (χ4n) is 2.58. The van der Waals surface area contributed by atoms with Gasteiger partial charge in [-0.25, -0.2) is 0 Å². The van der Waals surface area contributed by atoms with E-state index in [0.29, 0.717) is 18.0 Å². The summed E-state index contributed by atoms with van der Waals surface area (Å²) in [6, 6.07) is 11.2. The Kier molecular flexibility index (Phi) is 7.06. The van der Waals surface area contributed by atoms with Gasteiger partial charge < -0.3 is 14.8 Å². The molecule has 0 saturated heterocycles. The second-order valence-electron chi connectivity index (χ2n) is 6.37. The van der Waals surface area contributed by atoms with Crippen LogP contribution in [0.1, 0.15) is 16.1 Å². The van der Waals surface area contributed by atoms with Crippen molar-refractivity contribution in [2.45, 2.75) is 17.4 Å². The summed E-state index contributed by atoms with van der Waals surface area (Å²) >= 11 is 1.43. The van der Waals surface area contributed by atoms with Gasteiger partial charge in [0.2, 0.25) is 0 Å². The molecule has 0 fully saturated rings. The number of alkyl halides is 6. The number of rotatable bonds is 6. The van der Waals surface area contributed by atoms with Crippen molar-refractivity contribution in [3.8, 4) is 17.2 Å². The number of hydrogen-bond acceptors (Lipinski definition) is 5. The zero-order valence-corrected chi connectivity index (χ0v) is 17.4. The normalized spacial score (nSPS) is 11.7. The maximum atomic E-state index is 13.1. The second-order valence-corrected chi connectivity index (χ2v) is 7.25. The van der Waals surface area contributed by atoms with Crippen LogP contribution in [0.3, 0.4) is 0 Å². The molecule has 12 heteroatoms. The second kappa shape index (κ2) is 9.61. The number of nitrogens with zero attached hydrogens (tertiary/aromatic N) is 1. The Hall–Kier alpha value is -3.41. The van der Waals surface area contributed by atoms with Gasteiger partial charge in [0.15, 0.2) is 0 Å². The maximum absolute atomic E-state index is 13.1. The molecule has 0 aliphatic carbocycles. The topological polar surface area (TPSA) is 60.5 Å². The van der Waals surface area contributed by atoms with Gasteiger partial charge in [-0.15, -0.1) is 24.9 Å². The number of pyridine rings is 1. The molecular formula is C21H14F6N2O3S. The number of amides is 1. The fraction of sp³-hybridized carbons (Fsp3) is 0.143. The zero-order valence-electron chi connectivity index (χ0n) is 16.6. The number of halogens is 6. The number of anilines is 1. The molecule has 0 saturated carbocycles. The molecule has 1 heterocycles. The molecule has 0 radical (unpaired) electrons. The largest absolute Gasteiger partial charge is 0.573 e. The molecule has 0 aliphatic heterocycles. The average Bonchev–Trinajstić information content (AvgIpc) is 2.73. The SMILES string of the molecule is CSc1cccc(NC(=O)c2cnc(C(F)(F)F)cc2Oc2ccc(OC(F)(F)F)cc2)c1. The van der Waals surface area contributed by atoms with Gasteiger partial charge in [-0.05, 0) is 48.7 Å². The molecule has 1 N–H and O–H groups in total. The summed E-state index contributed by atoms with van der Waals surface area (Å²) in [4.78, 5) is 16.9. The predicted molar refractivity (Wildman–Crippen MR) is 109 cm³/mol. The Morgan fingerprint density at radius 2 is 1.64 bits per heavy atom. The van der Waals surface area contributed by atoms with Gasteiger partial charge in [0.1, 0.15) is 28.5 Å². The van der Waals surface area contributed by atoms with E-state index in [-0.39, 0.29) is 11.3 Å². The first-order chi connectivity index (χ1) is 15.4. The highest BCUT2D eigenvalue weighted by Gasteiger charge is 2.34. The van der Waals surface area contributed by atoms with Crippen LogP contribution in [0.2, 0.25) is 0 Å². The van der Waals surface area contributed by atoms with E-state index in [2.05, 4.69) is 15.0 Å². The van der Waals surface area contributed by atoms with Crippen LogP contribution in [0.15, 0.2) is 65.7 Å². The van der Waals surface area contributed by atoms with Gasteiger partial charge in [0, 0.05) is 22.8 Å². The lowest BCUT2D eigenvalue weighted by molar-refractivity contribution is -0.274. The quantitative estimate of drug-likeness (QED) is 0.307. The number of nitrogens with one attached hydrogen (secondary N) is 1. The molecule has 0 bridgehead atoms.